The Morgan fingerprint density at radius 2 is 1.67 bits per heavy atom. The minimum Gasteiger partial charge on any atom is -0.439 e. The molecule has 0 spiro atoms. The molecule has 3 nitrogen and oxygen atoms in total. The predicted octanol–water partition coefficient (Wildman–Crippen LogP) is 4.29. The van der Waals surface area contributed by atoms with Crippen molar-refractivity contribution in [3.63, 3.8) is 0 Å². The second-order valence-corrected chi connectivity index (χ2v) is 4.81. The van der Waals surface area contributed by atoms with Crippen LogP contribution in [0.3, 0.4) is 0 Å². The normalized spacial score (nSPS) is 10.4. The fourth-order valence-electron chi connectivity index (χ4n) is 1.40. The van der Waals surface area contributed by atoms with Gasteiger partial charge in [-0.05, 0) is 29.8 Å². The van der Waals surface area contributed by atoms with E-state index in [4.69, 9.17) is 45.3 Å². The van der Waals surface area contributed by atoms with E-state index in [0.717, 1.165) is 5.56 Å². The molecule has 1 aromatic heterocycles. The third kappa shape index (κ3) is 3.50. The molecule has 0 aliphatic rings. The van der Waals surface area contributed by atoms with E-state index >= 15 is 0 Å². The molecule has 6 heteroatoms. The molecule has 0 saturated heterocycles. The number of nitrogens with two attached hydrogens (primary N) is 1. The van der Waals surface area contributed by atoms with Crippen molar-refractivity contribution in [3.05, 3.63) is 51.1 Å². The topological polar surface area (TPSA) is 48.1 Å². The molecule has 2 N–H and O–H groups in total. The standard InChI is InChI=1S/C12H9Cl3N2O/c13-8-3-9(14)5-10(4-8)18-12-2-7(6-16)1-11(15)17-12/h1-5H,6,16H2. The zero-order valence-corrected chi connectivity index (χ0v) is 11.4. The van der Waals surface area contributed by atoms with Gasteiger partial charge in [-0.15, -0.1) is 0 Å². The summed E-state index contributed by atoms with van der Waals surface area (Å²) in [7, 11) is 0. The summed E-state index contributed by atoms with van der Waals surface area (Å²) in [6.07, 6.45) is 0. The highest BCUT2D eigenvalue weighted by Gasteiger charge is 2.05. The number of halogens is 3. The lowest BCUT2D eigenvalue weighted by molar-refractivity contribution is 0.462. The number of hydrogen-bond donors (Lipinski definition) is 1. The molecule has 0 bridgehead atoms. The number of nitrogens with zero attached hydrogens (tertiary/aromatic N) is 1. The summed E-state index contributed by atoms with van der Waals surface area (Å²) in [5.74, 6) is 0.839. The first-order valence-corrected chi connectivity index (χ1v) is 6.20. The Kier molecular flexibility index (Phi) is 4.30. The maximum absolute atomic E-state index is 5.88. The molecule has 0 aliphatic carbocycles. The van der Waals surface area contributed by atoms with Crippen molar-refractivity contribution in [2.75, 3.05) is 0 Å². The molecule has 2 aromatic rings. The molecule has 0 saturated carbocycles. The molecule has 2 rings (SSSR count). The lowest BCUT2D eigenvalue weighted by Gasteiger charge is -2.07. The van der Waals surface area contributed by atoms with E-state index in [9.17, 15) is 0 Å². The maximum Gasteiger partial charge on any atom is 0.220 e. The SMILES string of the molecule is NCc1cc(Cl)nc(Oc2cc(Cl)cc(Cl)c2)c1. The van der Waals surface area contributed by atoms with Gasteiger partial charge in [0.1, 0.15) is 10.9 Å². The van der Waals surface area contributed by atoms with Crippen LogP contribution < -0.4 is 10.5 Å². The van der Waals surface area contributed by atoms with Gasteiger partial charge in [-0.25, -0.2) is 4.98 Å². The van der Waals surface area contributed by atoms with E-state index in [2.05, 4.69) is 4.98 Å². The highest BCUT2D eigenvalue weighted by Crippen LogP contribution is 2.28. The second kappa shape index (κ2) is 5.76. The van der Waals surface area contributed by atoms with Crippen LogP contribution in [0.5, 0.6) is 11.6 Å². The Balaban J connectivity index is 2.30. The third-order valence-electron chi connectivity index (χ3n) is 2.12. The summed E-state index contributed by atoms with van der Waals surface area (Å²) in [4.78, 5) is 4.04. The molecule has 0 fully saturated rings. The van der Waals surface area contributed by atoms with Gasteiger partial charge >= 0.3 is 0 Å². The van der Waals surface area contributed by atoms with Gasteiger partial charge in [-0.3, -0.25) is 0 Å². The minimum absolute atomic E-state index is 0.320. The van der Waals surface area contributed by atoms with Gasteiger partial charge in [0.25, 0.3) is 0 Å². The molecule has 0 aliphatic heterocycles. The number of benzene rings is 1. The van der Waals surface area contributed by atoms with E-state index in [1.54, 1.807) is 30.3 Å². The Hall–Kier alpha value is -1.00. The average Bonchev–Trinajstić information content (AvgIpc) is 2.26. The van der Waals surface area contributed by atoms with E-state index in [1.807, 2.05) is 0 Å². The van der Waals surface area contributed by atoms with E-state index in [0.29, 0.717) is 33.4 Å². The van der Waals surface area contributed by atoms with Crippen LogP contribution in [0.15, 0.2) is 30.3 Å². The first kappa shape index (κ1) is 13.4. The summed E-state index contributed by atoms with van der Waals surface area (Å²) in [6.45, 7) is 0.356. The van der Waals surface area contributed by atoms with Crippen molar-refractivity contribution in [1.82, 2.24) is 4.98 Å². The van der Waals surface area contributed by atoms with Crippen molar-refractivity contribution in [3.8, 4) is 11.6 Å². The summed E-state index contributed by atoms with van der Waals surface area (Å²) < 4.78 is 5.54. The molecule has 0 unspecified atom stereocenters. The number of rotatable bonds is 3. The monoisotopic (exact) mass is 302 g/mol. The van der Waals surface area contributed by atoms with Crippen molar-refractivity contribution in [2.45, 2.75) is 6.54 Å². The highest BCUT2D eigenvalue weighted by atomic mass is 35.5. The van der Waals surface area contributed by atoms with Gasteiger partial charge in [0.05, 0.1) is 0 Å². The summed E-state index contributed by atoms with van der Waals surface area (Å²) >= 11 is 17.6. The van der Waals surface area contributed by atoms with Crippen LogP contribution in [0.4, 0.5) is 0 Å². The quantitative estimate of drug-likeness (QED) is 0.860. The van der Waals surface area contributed by atoms with Gasteiger partial charge < -0.3 is 10.5 Å². The zero-order valence-electron chi connectivity index (χ0n) is 9.16. The number of ether oxygens (including phenoxy) is 1. The average molecular weight is 304 g/mol. The minimum atomic E-state index is 0.320. The Morgan fingerprint density at radius 1 is 1.00 bits per heavy atom. The summed E-state index contributed by atoms with van der Waals surface area (Å²) in [6, 6.07) is 8.28. The number of hydrogen-bond acceptors (Lipinski definition) is 3. The molecule has 0 radical (unpaired) electrons. The molecule has 0 atom stereocenters. The molecule has 18 heavy (non-hydrogen) atoms. The van der Waals surface area contributed by atoms with Crippen LogP contribution >= 0.6 is 34.8 Å². The zero-order chi connectivity index (χ0) is 13.1. The van der Waals surface area contributed by atoms with Gasteiger partial charge in [0.2, 0.25) is 5.88 Å². The van der Waals surface area contributed by atoms with Crippen molar-refractivity contribution in [2.24, 2.45) is 5.73 Å². The van der Waals surface area contributed by atoms with Gasteiger partial charge in [0.15, 0.2) is 0 Å². The van der Waals surface area contributed by atoms with Crippen molar-refractivity contribution < 1.29 is 4.74 Å². The molecular formula is C12H9Cl3N2O. The van der Waals surface area contributed by atoms with Crippen LogP contribution in [-0.2, 0) is 6.54 Å². The second-order valence-electron chi connectivity index (χ2n) is 3.55. The largest absolute Gasteiger partial charge is 0.439 e. The van der Waals surface area contributed by atoms with Gasteiger partial charge in [0, 0.05) is 22.7 Å². The fraction of sp³-hybridized carbons (Fsp3) is 0.0833. The summed E-state index contributed by atoms with van der Waals surface area (Å²) in [5, 5.41) is 1.29. The lowest BCUT2D eigenvalue weighted by atomic mass is 10.3. The van der Waals surface area contributed by atoms with E-state index in [-0.39, 0.29) is 0 Å². The third-order valence-corrected chi connectivity index (χ3v) is 2.75. The van der Waals surface area contributed by atoms with E-state index < -0.39 is 0 Å². The van der Waals surface area contributed by atoms with Crippen LogP contribution in [0.1, 0.15) is 5.56 Å². The molecule has 1 aromatic carbocycles. The molecule has 94 valence electrons. The molecular weight excluding hydrogens is 295 g/mol. The van der Waals surface area contributed by atoms with Crippen molar-refractivity contribution in [1.29, 1.82) is 0 Å². The first-order chi connectivity index (χ1) is 8.56. The smallest absolute Gasteiger partial charge is 0.220 e. The Morgan fingerprint density at radius 3 is 2.28 bits per heavy atom. The van der Waals surface area contributed by atoms with Crippen LogP contribution in [0, 0.1) is 0 Å². The fourth-order valence-corrected chi connectivity index (χ4v) is 2.13. The van der Waals surface area contributed by atoms with Gasteiger partial charge in [-0.2, -0.15) is 0 Å². The number of aromatic nitrogens is 1. The van der Waals surface area contributed by atoms with Crippen LogP contribution in [-0.4, -0.2) is 4.98 Å². The Bertz CT molecular complexity index is 555. The lowest BCUT2D eigenvalue weighted by Crippen LogP contribution is -1.98. The van der Waals surface area contributed by atoms with Crippen LogP contribution in [0.25, 0.3) is 0 Å². The highest BCUT2D eigenvalue weighted by molar-refractivity contribution is 6.34. The van der Waals surface area contributed by atoms with Crippen LogP contribution in [0.2, 0.25) is 15.2 Å². The molecule has 0 amide bonds. The summed E-state index contributed by atoms with van der Waals surface area (Å²) in [5.41, 5.74) is 6.38. The predicted molar refractivity (Wildman–Crippen MR) is 73.7 cm³/mol. The van der Waals surface area contributed by atoms with E-state index in [1.165, 1.54) is 0 Å². The first-order valence-electron chi connectivity index (χ1n) is 5.07. The molecule has 1 heterocycles. The number of pyridine rings is 1. The maximum atomic E-state index is 5.88. The van der Waals surface area contributed by atoms with Gasteiger partial charge in [-0.1, -0.05) is 34.8 Å². The van der Waals surface area contributed by atoms with Crippen molar-refractivity contribution >= 4 is 34.8 Å². The Labute approximate surface area is 119 Å².